The van der Waals surface area contributed by atoms with Crippen molar-refractivity contribution in [3.63, 3.8) is 0 Å². The van der Waals surface area contributed by atoms with E-state index >= 15 is 0 Å². The van der Waals surface area contributed by atoms with E-state index in [1.165, 1.54) is 66.4 Å². The number of carbonyl (C=O) groups is 1. The highest BCUT2D eigenvalue weighted by Crippen LogP contribution is 2.41. The Bertz CT molecular complexity index is 884. The van der Waals surface area contributed by atoms with Gasteiger partial charge in [0.1, 0.15) is 0 Å². The Morgan fingerprint density at radius 1 is 1.17 bits per heavy atom. The third kappa shape index (κ3) is 4.31. The summed E-state index contributed by atoms with van der Waals surface area (Å²) in [5.74, 6) is 1.29. The van der Waals surface area contributed by atoms with Crippen molar-refractivity contribution in [2.75, 3.05) is 25.5 Å². The summed E-state index contributed by atoms with van der Waals surface area (Å²) in [5, 5.41) is 6.78. The fourth-order valence-electron chi connectivity index (χ4n) is 4.79. The number of allylic oxidation sites excluding steroid dienone is 2. The number of aldehydes is 1. The molecule has 1 aromatic rings. The van der Waals surface area contributed by atoms with Crippen LogP contribution >= 0.6 is 0 Å². The van der Waals surface area contributed by atoms with Gasteiger partial charge in [-0.05, 0) is 80.2 Å². The first-order valence-electron chi connectivity index (χ1n) is 11.1. The van der Waals surface area contributed by atoms with Gasteiger partial charge in [0.05, 0.1) is 12.2 Å². The van der Waals surface area contributed by atoms with Gasteiger partial charge in [0.25, 0.3) is 0 Å². The third-order valence-electron chi connectivity index (χ3n) is 6.63. The molecule has 0 radical (unpaired) electrons. The van der Waals surface area contributed by atoms with Gasteiger partial charge in [-0.25, -0.2) is 0 Å². The van der Waals surface area contributed by atoms with Gasteiger partial charge in [-0.15, -0.1) is 0 Å². The lowest BCUT2D eigenvalue weighted by Crippen LogP contribution is -2.17. The maximum absolute atomic E-state index is 11.8. The summed E-state index contributed by atoms with van der Waals surface area (Å²) in [4.78, 5) is 16.4. The van der Waals surface area contributed by atoms with Crippen molar-refractivity contribution in [3.05, 3.63) is 40.1 Å². The topological polar surface area (TPSA) is 53.5 Å². The monoisotopic (exact) mass is 391 g/mol. The fraction of sp³-hybridized carbons (Fsp3) is 0.520. The Kier molecular flexibility index (Phi) is 5.89. The van der Waals surface area contributed by atoms with E-state index in [1.807, 2.05) is 7.05 Å². The highest BCUT2D eigenvalue weighted by molar-refractivity contribution is 6.25. The van der Waals surface area contributed by atoms with Gasteiger partial charge in [-0.1, -0.05) is 18.9 Å². The molecule has 4 rings (SSSR count). The van der Waals surface area contributed by atoms with Crippen LogP contribution < -0.4 is 10.6 Å². The number of anilines is 1. The second-order valence-corrected chi connectivity index (χ2v) is 8.86. The van der Waals surface area contributed by atoms with Gasteiger partial charge in [-0.2, -0.15) is 0 Å². The van der Waals surface area contributed by atoms with E-state index in [2.05, 4.69) is 47.7 Å². The zero-order valence-corrected chi connectivity index (χ0v) is 18.0. The van der Waals surface area contributed by atoms with E-state index in [0.29, 0.717) is 11.6 Å². The lowest BCUT2D eigenvalue weighted by atomic mass is 9.86. The standard InChI is InChI=1S/C25H33N3O/c1-16-13-27-17(2)25(16)20-10-22(19-6-4-5-7-19)23(24(11-20)26-3)12-21(15-29)28-14-18-8-9-18/h10-12,15,18-19,26,28H,4-9,13-14H2,1-3H3/b21-12+. The predicted octanol–water partition coefficient (Wildman–Crippen LogP) is 5.17. The summed E-state index contributed by atoms with van der Waals surface area (Å²) in [6.07, 6.45) is 10.6. The van der Waals surface area contributed by atoms with Gasteiger partial charge in [0.2, 0.25) is 0 Å². The summed E-state index contributed by atoms with van der Waals surface area (Å²) in [6.45, 7) is 6.00. The normalized spacial score (nSPS) is 20.2. The van der Waals surface area contributed by atoms with Crippen LogP contribution in [-0.4, -0.2) is 32.1 Å². The highest BCUT2D eigenvalue weighted by atomic mass is 16.1. The van der Waals surface area contributed by atoms with Crippen LogP contribution in [0.25, 0.3) is 11.6 Å². The van der Waals surface area contributed by atoms with E-state index in [4.69, 9.17) is 0 Å². The molecule has 0 saturated heterocycles. The van der Waals surface area contributed by atoms with Crippen LogP contribution in [0.1, 0.15) is 75.0 Å². The molecule has 1 aromatic carbocycles. The highest BCUT2D eigenvalue weighted by Gasteiger charge is 2.25. The minimum atomic E-state index is 0.559. The quantitative estimate of drug-likeness (QED) is 0.475. The molecule has 29 heavy (non-hydrogen) atoms. The molecule has 0 aromatic heterocycles. The fourth-order valence-corrected chi connectivity index (χ4v) is 4.79. The molecular formula is C25H33N3O. The van der Waals surface area contributed by atoms with Crippen molar-refractivity contribution >= 4 is 29.3 Å². The first-order valence-corrected chi connectivity index (χ1v) is 11.1. The Balaban J connectivity index is 1.79. The molecule has 1 heterocycles. The van der Waals surface area contributed by atoms with Crippen molar-refractivity contribution in [2.45, 2.75) is 58.3 Å². The average Bonchev–Trinajstić information content (AvgIpc) is 3.27. The molecule has 0 unspecified atom stereocenters. The van der Waals surface area contributed by atoms with Crippen LogP contribution in [0.5, 0.6) is 0 Å². The van der Waals surface area contributed by atoms with Gasteiger partial charge in [-0.3, -0.25) is 9.79 Å². The summed E-state index contributed by atoms with van der Waals surface area (Å²) in [7, 11) is 1.98. The molecule has 1 aliphatic heterocycles. The zero-order chi connectivity index (χ0) is 20.4. The third-order valence-corrected chi connectivity index (χ3v) is 6.63. The summed E-state index contributed by atoms with van der Waals surface area (Å²) in [5.41, 5.74) is 9.33. The molecule has 4 nitrogen and oxygen atoms in total. The molecule has 2 fully saturated rings. The molecule has 2 saturated carbocycles. The van der Waals surface area contributed by atoms with Crippen LogP contribution in [-0.2, 0) is 4.79 Å². The van der Waals surface area contributed by atoms with Crippen molar-refractivity contribution < 1.29 is 4.79 Å². The number of rotatable bonds is 8. The van der Waals surface area contributed by atoms with E-state index in [-0.39, 0.29) is 0 Å². The molecule has 2 N–H and O–H groups in total. The molecular weight excluding hydrogens is 358 g/mol. The van der Waals surface area contributed by atoms with Gasteiger partial charge in [0, 0.05) is 36.1 Å². The van der Waals surface area contributed by atoms with Crippen molar-refractivity contribution in [1.82, 2.24) is 5.32 Å². The molecule has 0 atom stereocenters. The molecule has 2 aliphatic carbocycles. The number of hydrogen-bond acceptors (Lipinski definition) is 4. The van der Waals surface area contributed by atoms with Gasteiger partial charge in [0.15, 0.2) is 6.29 Å². The van der Waals surface area contributed by atoms with E-state index in [9.17, 15) is 4.79 Å². The number of aliphatic imine (C=N–C) groups is 1. The van der Waals surface area contributed by atoms with Crippen molar-refractivity contribution in [2.24, 2.45) is 10.9 Å². The Labute approximate surface area is 174 Å². The lowest BCUT2D eigenvalue weighted by molar-refractivity contribution is -0.105. The maximum Gasteiger partial charge on any atom is 0.165 e. The van der Waals surface area contributed by atoms with Crippen LogP contribution in [0.15, 0.2) is 28.4 Å². The second-order valence-electron chi connectivity index (χ2n) is 8.86. The Morgan fingerprint density at radius 3 is 2.52 bits per heavy atom. The Hall–Kier alpha value is -2.36. The molecule has 0 amide bonds. The van der Waals surface area contributed by atoms with Gasteiger partial charge >= 0.3 is 0 Å². The minimum absolute atomic E-state index is 0.559. The zero-order valence-electron chi connectivity index (χ0n) is 18.0. The van der Waals surface area contributed by atoms with Crippen LogP contribution in [0, 0.1) is 5.92 Å². The van der Waals surface area contributed by atoms with E-state index in [1.54, 1.807) is 0 Å². The number of nitrogens with zero attached hydrogens (tertiary/aromatic N) is 1. The summed E-state index contributed by atoms with van der Waals surface area (Å²) in [6, 6.07) is 4.60. The SMILES string of the molecule is CNc1cc(C2=C(C)CN=C2C)cc(C2CCCC2)c1/C=C(\C=O)NCC1CC1. The van der Waals surface area contributed by atoms with Crippen LogP contribution in [0.4, 0.5) is 5.69 Å². The van der Waals surface area contributed by atoms with E-state index < -0.39 is 0 Å². The number of carbonyl (C=O) groups excluding carboxylic acids is 1. The van der Waals surface area contributed by atoms with E-state index in [0.717, 1.165) is 36.7 Å². The number of hydrogen-bond donors (Lipinski definition) is 2. The van der Waals surface area contributed by atoms with Crippen LogP contribution in [0.2, 0.25) is 0 Å². The minimum Gasteiger partial charge on any atom is -0.388 e. The molecule has 0 spiro atoms. The van der Waals surface area contributed by atoms with Gasteiger partial charge < -0.3 is 10.6 Å². The summed E-state index contributed by atoms with van der Waals surface area (Å²) < 4.78 is 0. The molecule has 154 valence electrons. The predicted molar refractivity (Wildman–Crippen MR) is 123 cm³/mol. The molecule has 3 aliphatic rings. The Morgan fingerprint density at radius 2 is 1.93 bits per heavy atom. The van der Waals surface area contributed by atoms with Crippen LogP contribution in [0.3, 0.4) is 0 Å². The molecule has 4 heteroatoms. The second kappa shape index (κ2) is 8.56. The first kappa shape index (κ1) is 19.9. The smallest absolute Gasteiger partial charge is 0.165 e. The number of benzene rings is 1. The first-order chi connectivity index (χ1) is 14.1. The largest absolute Gasteiger partial charge is 0.388 e. The average molecular weight is 392 g/mol. The summed E-state index contributed by atoms with van der Waals surface area (Å²) >= 11 is 0. The maximum atomic E-state index is 11.8. The number of nitrogens with one attached hydrogen (secondary N) is 2. The lowest BCUT2D eigenvalue weighted by Gasteiger charge is -2.21. The van der Waals surface area contributed by atoms with Crippen molar-refractivity contribution in [3.8, 4) is 0 Å². The molecule has 0 bridgehead atoms. The van der Waals surface area contributed by atoms with Crippen molar-refractivity contribution in [1.29, 1.82) is 0 Å².